The number of amides is 1. The number of aromatic nitrogens is 4. The Morgan fingerprint density at radius 2 is 1.88 bits per heavy atom. The van der Waals surface area contributed by atoms with Crippen molar-refractivity contribution in [3.8, 4) is 11.1 Å². The summed E-state index contributed by atoms with van der Waals surface area (Å²) < 4.78 is 16.5. The minimum Gasteiger partial charge on any atom is -0.347 e. The third-order valence-corrected chi connectivity index (χ3v) is 4.09. The fourth-order valence-corrected chi connectivity index (χ4v) is 2.72. The molecule has 4 rings (SSSR count). The average Bonchev–Trinajstić information content (AvgIpc) is 3.26. The number of carbonyl (C=O) groups excluding carboxylic acids is 1. The van der Waals surface area contributed by atoms with Gasteiger partial charge in [0.2, 0.25) is 0 Å². The van der Waals surface area contributed by atoms with Crippen LogP contribution in [0.25, 0.3) is 16.8 Å². The maximum Gasteiger partial charge on any atom is 0.271 e. The van der Waals surface area contributed by atoms with E-state index < -0.39 is 0 Å². The number of carbonyl (C=O) groups is 1. The summed E-state index contributed by atoms with van der Waals surface area (Å²) in [5.74, 6) is -0.578. The van der Waals surface area contributed by atoms with E-state index in [1.165, 1.54) is 12.1 Å². The molecule has 26 heavy (non-hydrogen) atoms. The zero-order chi connectivity index (χ0) is 18.1. The van der Waals surface area contributed by atoms with Crippen LogP contribution in [0.5, 0.6) is 0 Å². The molecular formula is C19H16FN5O. The molecule has 0 aliphatic rings. The molecule has 3 heterocycles. The predicted octanol–water partition coefficient (Wildman–Crippen LogP) is 2.80. The van der Waals surface area contributed by atoms with Gasteiger partial charge in [0, 0.05) is 43.3 Å². The minimum atomic E-state index is -0.301. The summed E-state index contributed by atoms with van der Waals surface area (Å²) in [5.41, 5.74) is 3.81. The smallest absolute Gasteiger partial charge is 0.271 e. The Morgan fingerprint density at radius 1 is 1.08 bits per heavy atom. The van der Waals surface area contributed by atoms with Crippen LogP contribution in [0.2, 0.25) is 0 Å². The number of benzene rings is 1. The molecule has 3 aromatic heterocycles. The highest BCUT2D eigenvalue weighted by Crippen LogP contribution is 2.19. The Labute approximate surface area is 148 Å². The van der Waals surface area contributed by atoms with E-state index in [1.807, 2.05) is 36.0 Å². The van der Waals surface area contributed by atoms with Gasteiger partial charge in [0.1, 0.15) is 17.2 Å². The Kier molecular flexibility index (Phi) is 3.96. The first kappa shape index (κ1) is 16.0. The van der Waals surface area contributed by atoms with E-state index in [0.29, 0.717) is 17.9 Å². The van der Waals surface area contributed by atoms with Gasteiger partial charge in [0.25, 0.3) is 5.91 Å². The van der Waals surface area contributed by atoms with Crippen molar-refractivity contribution in [2.75, 3.05) is 0 Å². The summed E-state index contributed by atoms with van der Waals surface area (Å²) >= 11 is 0. The maximum atomic E-state index is 12.9. The maximum absolute atomic E-state index is 12.9. The molecule has 1 amide bonds. The molecule has 1 N–H and O–H groups in total. The number of imidazole rings is 1. The molecule has 0 aliphatic carbocycles. The second-order valence-electron chi connectivity index (χ2n) is 6.02. The number of nitrogens with one attached hydrogen (secondary N) is 1. The first-order valence-electron chi connectivity index (χ1n) is 8.09. The van der Waals surface area contributed by atoms with E-state index in [0.717, 1.165) is 16.7 Å². The SMILES string of the molecule is Cn1cc(-c2ccc3nc(C(=O)NCc4ccc(F)cc4)cn3c2)cn1. The Bertz CT molecular complexity index is 1080. The summed E-state index contributed by atoms with van der Waals surface area (Å²) in [4.78, 5) is 16.7. The number of pyridine rings is 1. The number of nitrogens with zero attached hydrogens (tertiary/aromatic N) is 4. The van der Waals surface area contributed by atoms with Crippen molar-refractivity contribution in [3.05, 3.63) is 78.3 Å². The van der Waals surface area contributed by atoms with Crippen LogP contribution >= 0.6 is 0 Å². The Morgan fingerprint density at radius 3 is 2.62 bits per heavy atom. The van der Waals surface area contributed by atoms with Crippen LogP contribution in [0.4, 0.5) is 4.39 Å². The standard InChI is InChI=1S/C19H16FN5O/c1-24-10-15(9-22-24)14-4-7-18-23-17(12-25(18)11-14)19(26)21-8-13-2-5-16(20)6-3-13/h2-7,9-12H,8H2,1H3,(H,21,26). The predicted molar refractivity (Wildman–Crippen MR) is 95.0 cm³/mol. The van der Waals surface area contributed by atoms with E-state index in [1.54, 1.807) is 29.2 Å². The summed E-state index contributed by atoms with van der Waals surface area (Å²) in [6.07, 6.45) is 7.31. The molecule has 0 aliphatic heterocycles. The Balaban J connectivity index is 1.52. The molecule has 0 saturated carbocycles. The number of aryl methyl sites for hydroxylation is 1. The fourth-order valence-electron chi connectivity index (χ4n) is 2.72. The highest BCUT2D eigenvalue weighted by Gasteiger charge is 2.11. The zero-order valence-electron chi connectivity index (χ0n) is 14.1. The molecule has 7 heteroatoms. The topological polar surface area (TPSA) is 64.2 Å². The Hall–Kier alpha value is -3.48. The lowest BCUT2D eigenvalue weighted by Crippen LogP contribution is -2.23. The average molecular weight is 349 g/mol. The van der Waals surface area contributed by atoms with Crippen molar-refractivity contribution in [2.24, 2.45) is 7.05 Å². The van der Waals surface area contributed by atoms with Gasteiger partial charge in [-0.1, -0.05) is 12.1 Å². The van der Waals surface area contributed by atoms with E-state index >= 15 is 0 Å². The molecule has 0 unspecified atom stereocenters. The first-order valence-corrected chi connectivity index (χ1v) is 8.09. The zero-order valence-corrected chi connectivity index (χ0v) is 14.1. The van der Waals surface area contributed by atoms with Gasteiger partial charge < -0.3 is 9.72 Å². The molecule has 0 atom stereocenters. The van der Waals surface area contributed by atoms with Crippen molar-refractivity contribution < 1.29 is 9.18 Å². The lowest BCUT2D eigenvalue weighted by atomic mass is 10.2. The fraction of sp³-hybridized carbons (Fsp3) is 0.105. The lowest BCUT2D eigenvalue weighted by Gasteiger charge is -2.03. The van der Waals surface area contributed by atoms with Crippen molar-refractivity contribution in [1.29, 1.82) is 0 Å². The minimum absolute atomic E-state index is 0.277. The molecule has 4 aromatic rings. The van der Waals surface area contributed by atoms with Crippen LogP contribution in [0, 0.1) is 5.82 Å². The van der Waals surface area contributed by atoms with Gasteiger partial charge in [-0.3, -0.25) is 9.48 Å². The second kappa shape index (κ2) is 6.44. The number of hydrogen-bond acceptors (Lipinski definition) is 3. The summed E-state index contributed by atoms with van der Waals surface area (Å²) in [6.45, 7) is 0.313. The number of hydrogen-bond donors (Lipinski definition) is 1. The second-order valence-corrected chi connectivity index (χ2v) is 6.02. The van der Waals surface area contributed by atoms with Crippen molar-refractivity contribution in [2.45, 2.75) is 6.54 Å². The summed E-state index contributed by atoms with van der Waals surface area (Å²) in [6, 6.07) is 9.82. The molecular weight excluding hydrogens is 333 g/mol. The highest BCUT2D eigenvalue weighted by molar-refractivity contribution is 5.92. The van der Waals surface area contributed by atoms with Crippen molar-refractivity contribution in [1.82, 2.24) is 24.5 Å². The van der Waals surface area contributed by atoms with E-state index in [4.69, 9.17) is 0 Å². The quantitative estimate of drug-likeness (QED) is 0.616. The van der Waals surface area contributed by atoms with Crippen LogP contribution in [0.3, 0.4) is 0 Å². The molecule has 0 fully saturated rings. The number of fused-ring (bicyclic) bond motifs is 1. The van der Waals surface area contributed by atoms with Crippen LogP contribution in [-0.2, 0) is 13.6 Å². The molecule has 0 bridgehead atoms. The third kappa shape index (κ3) is 3.19. The van der Waals surface area contributed by atoms with Gasteiger partial charge in [0.05, 0.1) is 6.20 Å². The van der Waals surface area contributed by atoms with Gasteiger partial charge in [0.15, 0.2) is 0 Å². The monoisotopic (exact) mass is 349 g/mol. The van der Waals surface area contributed by atoms with Crippen LogP contribution in [0.1, 0.15) is 16.1 Å². The van der Waals surface area contributed by atoms with Gasteiger partial charge >= 0.3 is 0 Å². The van der Waals surface area contributed by atoms with Crippen molar-refractivity contribution >= 4 is 11.6 Å². The lowest BCUT2D eigenvalue weighted by molar-refractivity contribution is 0.0946. The molecule has 0 saturated heterocycles. The summed E-state index contributed by atoms with van der Waals surface area (Å²) in [7, 11) is 1.86. The van der Waals surface area contributed by atoms with Gasteiger partial charge in [-0.05, 0) is 29.8 Å². The van der Waals surface area contributed by atoms with Crippen LogP contribution in [0.15, 0.2) is 61.2 Å². The first-order chi connectivity index (χ1) is 12.6. The molecule has 0 spiro atoms. The van der Waals surface area contributed by atoms with E-state index in [9.17, 15) is 9.18 Å². The third-order valence-electron chi connectivity index (χ3n) is 4.09. The van der Waals surface area contributed by atoms with Crippen LogP contribution in [-0.4, -0.2) is 25.1 Å². The summed E-state index contributed by atoms with van der Waals surface area (Å²) in [5, 5.41) is 6.96. The largest absolute Gasteiger partial charge is 0.347 e. The van der Waals surface area contributed by atoms with E-state index in [-0.39, 0.29) is 11.7 Å². The molecule has 1 aromatic carbocycles. The van der Waals surface area contributed by atoms with Gasteiger partial charge in [-0.2, -0.15) is 5.10 Å². The normalized spacial score (nSPS) is 11.0. The number of halogens is 1. The van der Waals surface area contributed by atoms with Crippen molar-refractivity contribution in [3.63, 3.8) is 0 Å². The highest BCUT2D eigenvalue weighted by atomic mass is 19.1. The molecule has 6 nitrogen and oxygen atoms in total. The van der Waals surface area contributed by atoms with E-state index in [2.05, 4.69) is 15.4 Å². The van der Waals surface area contributed by atoms with Gasteiger partial charge in [-0.25, -0.2) is 9.37 Å². The number of rotatable bonds is 4. The molecule has 0 radical (unpaired) electrons. The molecule has 130 valence electrons. The van der Waals surface area contributed by atoms with Gasteiger partial charge in [-0.15, -0.1) is 0 Å². The van der Waals surface area contributed by atoms with Crippen LogP contribution < -0.4 is 5.32 Å².